The molecule has 2 heterocycles. The first-order valence-electron chi connectivity index (χ1n) is 11.2. The van der Waals surface area contributed by atoms with Crippen LogP contribution in [0.15, 0.2) is 84.2 Å². The highest BCUT2D eigenvalue weighted by atomic mass is 19.2. The number of methoxy groups -OCH3 is 1. The van der Waals surface area contributed by atoms with Crippen LogP contribution in [0.25, 0.3) is 11.4 Å². The predicted molar refractivity (Wildman–Crippen MR) is 134 cm³/mol. The third-order valence-electron chi connectivity index (χ3n) is 5.32. The van der Waals surface area contributed by atoms with Crippen LogP contribution in [-0.2, 0) is 6.61 Å². The topological polar surface area (TPSA) is 78.6 Å². The Balaban J connectivity index is 1.82. The zero-order valence-electron chi connectivity index (χ0n) is 20.4. The largest absolute Gasteiger partial charge is 0.491 e. The van der Waals surface area contributed by atoms with Gasteiger partial charge in [-0.05, 0) is 17.7 Å². The molecule has 4 rings (SSSR count). The summed E-state index contributed by atoms with van der Waals surface area (Å²) in [6, 6.07) is 14.2. The van der Waals surface area contributed by atoms with E-state index < -0.39 is 22.8 Å². The van der Waals surface area contributed by atoms with E-state index in [0.717, 1.165) is 18.0 Å². The molecule has 8 nitrogen and oxygen atoms in total. The lowest BCUT2D eigenvalue weighted by Crippen LogP contribution is -2.22. The maximum atomic E-state index is 13.7. The second-order valence-electron chi connectivity index (χ2n) is 8.25. The van der Waals surface area contributed by atoms with E-state index in [2.05, 4.69) is 5.10 Å². The van der Waals surface area contributed by atoms with Gasteiger partial charge in [-0.2, -0.15) is 5.10 Å². The number of carbonyl (C=O) groups is 1. The van der Waals surface area contributed by atoms with E-state index in [9.17, 15) is 18.4 Å². The van der Waals surface area contributed by atoms with Crippen LogP contribution in [-0.4, -0.2) is 46.2 Å². The molecule has 0 aliphatic rings. The smallest absolute Gasteiger partial charge is 0.253 e. The SMILES string of the molecule is COc1cn(-c2ccc(-n3cc(F)c(F)c3)cc2OCc2ccccc2)nc(C(=O)C=CN(C)C)c1=O. The van der Waals surface area contributed by atoms with Crippen molar-refractivity contribution in [3.05, 3.63) is 113 Å². The third kappa shape index (κ3) is 5.75. The third-order valence-corrected chi connectivity index (χ3v) is 5.32. The minimum Gasteiger partial charge on any atom is -0.491 e. The Labute approximate surface area is 211 Å². The Kier molecular flexibility index (Phi) is 7.47. The molecule has 0 aliphatic heterocycles. The molecular formula is C27H24F2N4O4. The molecular weight excluding hydrogens is 482 g/mol. The van der Waals surface area contributed by atoms with E-state index in [-0.39, 0.29) is 23.8 Å². The first kappa shape index (κ1) is 25.4. The van der Waals surface area contributed by atoms with Gasteiger partial charge in [0.25, 0.3) is 5.43 Å². The summed E-state index contributed by atoms with van der Waals surface area (Å²) >= 11 is 0. The molecule has 0 saturated carbocycles. The number of hydrogen-bond donors (Lipinski definition) is 0. The Bertz CT molecular complexity index is 1490. The van der Waals surface area contributed by atoms with E-state index in [1.54, 1.807) is 37.2 Å². The highest BCUT2D eigenvalue weighted by Gasteiger charge is 2.19. The molecule has 190 valence electrons. The molecule has 0 unspecified atom stereocenters. The van der Waals surface area contributed by atoms with Gasteiger partial charge in [0.1, 0.15) is 18.0 Å². The molecule has 0 amide bonds. The average molecular weight is 507 g/mol. The number of benzene rings is 2. The monoisotopic (exact) mass is 506 g/mol. The van der Waals surface area contributed by atoms with E-state index in [1.165, 1.54) is 34.8 Å². The van der Waals surface area contributed by atoms with Gasteiger partial charge < -0.3 is 18.9 Å². The van der Waals surface area contributed by atoms with Crippen LogP contribution in [0.2, 0.25) is 0 Å². The summed E-state index contributed by atoms with van der Waals surface area (Å²) in [7, 11) is 4.79. The van der Waals surface area contributed by atoms with Crippen LogP contribution in [0.3, 0.4) is 0 Å². The maximum absolute atomic E-state index is 13.7. The molecule has 2 aromatic carbocycles. The van der Waals surface area contributed by atoms with Crippen molar-refractivity contribution >= 4 is 5.78 Å². The number of aromatic nitrogens is 3. The second kappa shape index (κ2) is 10.9. The quantitative estimate of drug-likeness (QED) is 0.251. The number of ether oxygens (including phenoxy) is 2. The van der Waals surface area contributed by atoms with Crippen LogP contribution < -0.4 is 14.9 Å². The number of halogens is 2. The summed E-state index contributed by atoms with van der Waals surface area (Å²) in [6.07, 6.45) is 6.11. The standard InChI is InChI=1S/C27H24F2N4O4/c1-31(2)12-11-23(34)26-27(35)25(36-3)16-33(30-26)22-10-9-19(32-14-20(28)21(29)15-32)13-24(22)37-17-18-7-5-4-6-8-18/h4-16H,17H2,1-3H3. The fraction of sp³-hybridized carbons (Fsp3) is 0.148. The minimum absolute atomic E-state index is 0.0933. The van der Waals surface area contributed by atoms with Gasteiger partial charge in [0.05, 0.1) is 13.3 Å². The van der Waals surface area contributed by atoms with Gasteiger partial charge in [-0.1, -0.05) is 30.3 Å². The molecule has 0 N–H and O–H groups in total. The number of nitrogens with zero attached hydrogens (tertiary/aromatic N) is 4. The Hall–Kier alpha value is -4.73. The van der Waals surface area contributed by atoms with Gasteiger partial charge in [0.2, 0.25) is 5.78 Å². The van der Waals surface area contributed by atoms with E-state index in [4.69, 9.17) is 9.47 Å². The van der Waals surface area contributed by atoms with Gasteiger partial charge in [0, 0.05) is 50.5 Å². The van der Waals surface area contributed by atoms with Crippen molar-refractivity contribution < 1.29 is 23.0 Å². The lowest BCUT2D eigenvalue weighted by atomic mass is 10.2. The number of hydrogen-bond acceptors (Lipinski definition) is 6. The van der Waals surface area contributed by atoms with Crippen molar-refractivity contribution in [2.45, 2.75) is 6.61 Å². The number of rotatable bonds is 9. The molecule has 37 heavy (non-hydrogen) atoms. The van der Waals surface area contributed by atoms with E-state index in [1.807, 2.05) is 30.3 Å². The lowest BCUT2D eigenvalue weighted by molar-refractivity contribution is 0.103. The van der Waals surface area contributed by atoms with Crippen LogP contribution in [0.1, 0.15) is 16.1 Å². The average Bonchev–Trinajstić information content (AvgIpc) is 3.24. The second-order valence-corrected chi connectivity index (χ2v) is 8.25. The van der Waals surface area contributed by atoms with Crippen molar-refractivity contribution in [2.75, 3.05) is 21.2 Å². The minimum atomic E-state index is -0.989. The van der Waals surface area contributed by atoms with Gasteiger partial charge in [0.15, 0.2) is 23.1 Å². The Morgan fingerprint density at radius 2 is 1.73 bits per heavy atom. The van der Waals surface area contributed by atoms with E-state index in [0.29, 0.717) is 11.4 Å². The number of allylic oxidation sites excluding steroid dienone is 1. The van der Waals surface area contributed by atoms with Crippen molar-refractivity contribution in [3.63, 3.8) is 0 Å². The number of carbonyl (C=O) groups excluding carboxylic acids is 1. The Morgan fingerprint density at radius 1 is 1.03 bits per heavy atom. The fourth-order valence-electron chi connectivity index (χ4n) is 3.45. The molecule has 0 spiro atoms. The summed E-state index contributed by atoms with van der Waals surface area (Å²) in [4.78, 5) is 27.2. The van der Waals surface area contributed by atoms with Gasteiger partial charge in [-0.15, -0.1) is 0 Å². The summed E-state index contributed by atoms with van der Waals surface area (Å²) in [5.41, 5.74) is 0.676. The number of ketones is 1. The molecule has 4 aromatic rings. The molecule has 10 heteroatoms. The van der Waals surface area contributed by atoms with E-state index >= 15 is 0 Å². The molecule has 0 fully saturated rings. The zero-order valence-corrected chi connectivity index (χ0v) is 20.4. The fourth-order valence-corrected chi connectivity index (χ4v) is 3.45. The van der Waals surface area contributed by atoms with Gasteiger partial charge in [-0.25, -0.2) is 13.5 Å². The highest BCUT2D eigenvalue weighted by Crippen LogP contribution is 2.28. The van der Waals surface area contributed by atoms with Crippen molar-refractivity contribution in [2.24, 2.45) is 0 Å². The van der Waals surface area contributed by atoms with Crippen LogP contribution in [0.5, 0.6) is 11.5 Å². The molecule has 0 radical (unpaired) electrons. The van der Waals surface area contributed by atoms with Gasteiger partial charge >= 0.3 is 0 Å². The maximum Gasteiger partial charge on any atom is 0.253 e. The van der Waals surface area contributed by atoms with Crippen LogP contribution in [0, 0.1) is 11.6 Å². The predicted octanol–water partition coefficient (Wildman–Crippen LogP) is 4.15. The molecule has 0 bridgehead atoms. The molecule has 2 aromatic heterocycles. The molecule has 0 atom stereocenters. The summed E-state index contributed by atoms with van der Waals surface area (Å²) < 4.78 is 41.2. The van der Waals surface area contributed by atoms with Crippen molar-refractivity contribution in [1.82, 2.24) is 19.2 Å². The van der Waals surface area contributed by atoms with Gasteiger partial charge in [-0.3, -0.25) is 9.59 Å². The van der Waals surface area contributed by atoms with Crippen molar-refractivity contribution in [3.8, 4) is 22.9 Å². The highest BCUT2D eigenvalue weighted by molar-refractivity contribution is 6.03. The first-order valence-corrected chi connectivity index (χ1v) is 11.2. The summed E-state index contributed by atoms with van der Waals surface area (Å²) in [6.45, 7) is 0.181. The summed E-state index contributed by atoms with van der Waals surface area (Å²) in [5.74, 6) is -2.39. The first-order chi connectivity index (χ1) is 17.8. The molecule has 0 aliphatic carbocycles. The molecule has 0 saturated heterocycles. The Morgan fingerprint density at radius 3 is 2.38 bits per heavy atom. The zero-order chi connectivity index (χ0) is 26.5. The normalized spacial score (nSPS) is 11.1. The van der Waals surface area contributed by atoms with Crippen LogP contribution >= 0.6 is 0 Å². The lowest BCUT2D eigenvalue weighted by Gasteiger charge is -2.16. The summed E-state index contributed by atoms with van der Waals surface area (Å²) in [5, 5.41) is 4.26. The van der Waals surface area contributed by atoms with Crippen LogP contribution in [0.4, 0.5) is 8.78 Å². The van der Waals surface area contributed by atoms with Crippen molar-refractivity contribution in [1.29, 1.82) is 0 Å².